The van der Waals surface area contributed by atoms with Gasteiger partial charge in [-0.05, 0) is 58.9 Å². The van der Waals surface area contributed by atoms with E-state index in [0.717, 1.165) is 0 Å². The smallest absolute Gasteiger partial charge is 0.195 e. The molecule has 0 radical (unpaired) electrons. The number of ketones is 1. The van der Waals surface area contributed by atoms with Gasteiger partial charge in [0.05, 0.1) is 17.6 Å². The number of hydrogen-bond donors (Lipinski definition) is 1. The lowest BCUT2D eigenvalue weighted by Gasteiger charge is -2.47. The van der Waals surface area contributed by atoms with Gasteiger partial charge in [0.15, 0.2) is 11.2 Å². The van der Waals surface area contributed by atoms with Crippen molar-refractivity contribution in [1.29, 1.82) is 0 Å². The van der Waals surface area contributed by atoms with Crippen LogP contribution in [-0.4, -0.2) is 23.1 Å². The van der Waals surface area contributed by atoms with E-state index in [1.54, 1.807) is 38.1 Å². The van der Waals surface area contributed by atoms with Crippen LogP contribution in [0.1, 0.15) is 59.5 Å². The standard InChI is InChI=1S/C25H24O6/c1-11-13(3)30-24-15(22(11)27)7-8-17-21(24)19-16(10-29-17)25(4,5)31-18-9-6-14(12(2)26)23(28)20(18)19/h6-9,16,19,28H,10H2,1-5H3/t16-,19+/m0/s1. The maximum Gasteiger partial charge on any atom is 0.195 e. The van der Waals surface area contributed by atoms with Crippen LogP contribution in [0.4, 0.5) is 0 Å². The number of carbonyl (C=O) groups is 1. The summed E-state index contributed by atoms with van der Waals surface area (Å²) in [7, 11) is 0. The van der Waals surface area contributed by atoms with E-state index in [1.165, 1.54) is 6.92 Å². The van der Waals surface area contributed by atoms with Crippen molar-refractivity contribution in [3.63, 3.8) is 0 Å². The van der Waals surface area contributed by atoms with Gasteiger partial charge in [0.1, 0.15) is 34.2 Å². The van der Waals surface area contributed by atoms with Crippen molar-refractivity contribution in [2.75, 3.05) is 6.61 Å². The van der Waals surface area contributed by atoms with E-state index >= 15 is 0 Å². The molecule has 0 fully saturated rings. The summed E-state index contributed by atoms with van der Waals surface area (Å²) in [5.74, 6) is 0.813. The lowest BCUT2D eigenvalue weighted by molar-refractivity contribution is -0.0142. The highest BCUT2D eigenvalue weighted by Gasteiger charge is 2.50. The minimum Gasteiger partial charge on any atom is -0.507 e. The second-order valence-corrected chi connectivity index (χ2v) is 9.00. The topological polar surface area (TPSA) is 86.0 Å². The molecule has 0 saturated carbocycles. The zero-order chi connectivity index (χ0) is 22.2. The number of ether oxygens (including phenoxy) is 2. The van der Waals surface area contributed by atoms with Gasteiger partial charge in [0.25, 0.3) is 0 Å². The van der Waals surface area contributed by atoms with Crippen molar-refractivity contribution in [3.8, 4) is 17.2 Å². The first kappa shape index (κ1) is 19.7. The highest BCUT2D eigenvalue weighted by Crippen LogP contribution is 2.56. The zero-order valence-corrected chi connectivity index (χ0v) is 18.2. The first-order valence-electron chi connectivity index (χ1n) is 10.4. The van der Waals surface area contributed by atoms with E-state index in [4.69, 9.17) is 13.9 Å². The van der Waals surface area contributed by atoms with Gasteiger partial charge in [-0.25, -0.2) is 0 Å². The van der Waals surface area contributed by atoms with Crippen LogP contribution in [0.25, 0.3) is 11.0 Å². The van der Waals surface area contributed by atoms with Crippen LogP contribution in [0.2, 0.25) is 0 Å². The molecule has 0 saturated heterocycles. The summed E-state index contributed by atoms with van der Waals surface area (Å²) in [4.78, 5) is 25.1. The third-order valence-electron chi connectivity index (χ3n) is 6.79. The van der Waals surface area contributed by atoms with Crippen molar-refractivity contribution < 1.29 is 23.8 Å². The van der Waals surface area contributed by atoms with Crippen LogP contribution in [-0.2, 0) is 0 Å². The van der Waals surface area contributed by atoms with Crippen molar-refractivity contribution in [3.05, 3.63) is 62.5 Å². The second-order valence-electron chi connectivity index (χ2n) is 9.00. The van der Waals surface area contributed by atoms with Crippen LogP contribution < -0.4 is 14.9 Å². The van der Waals surface area contributed by atoms with E-state index in [0.29, 0.717) is 51.5 Å². The fraction of sp³-hybridized carbons (Fsp3) is 0.360. The van der Waals surface area contributed by atoms with Crippen LogP contribution in [0.15, 0.2) is 33.5 Å². The Morgan fingerprint density at radius 2 is 1.81 bits per heavy atom. The Hall–Kier alpha value is -3.28. The number of fused-ring (bicyclic) bond motifs is 7. The van der Waals surface area contributed by atoms with Crippen LogP contribution in [0.3, 0.4) is 0 Å². The molecule has 1 N–H and O–H groups in total. The minimum atomic E-state index is -0.609. The van der Waals surface area contributed by atoms with Gasteiger partial charge < -0.3 is 19.0 Å². The molecule has 2 aliphatic heterocycles. The van der Waals surface area contributed by atoms with Crippen molar-refractivity contribution in [2.24, 2.45) is 5.92 Å². The van der Waals surface area contributed by atoms with Crippen LogP contribution >= 0.6 is 0 Å². The van der Waals surface area contributed by atoms with Crippen LogP contribution in [0, 0.1) is 19.8 Å². The first-order valence-corrected chi connectivity index (χ1v) is 10.4. The van der Waals surface area contributed by atoms with E-state index in [1.807, 2.05) is 13.8 Å². The number of carbonyl (C=O) groups excluding carboxylic acids is 1. The number of aryl methyl sites for hydroxylation is 1. The molecule has 3 aromatic rings. The molecule has 2 atom stereocenters. The average Bonchev–Trinajstić information content (AvgIpc) is 2.70. The fourth-order valence-electron chi connectivity index (χ4n) is 4.93. The summed E-state index contributed by atoms with van der Waals surface area (Å²) in [6.07, 6.45) is 0. The average molecular weight is 420 g/mol. The highest BCUT2D eigenvalue weighted by atomic mass is 16.5. The van der Waals surface area contributed by atoms with Gasteiger partial charge in [0.2, 0.25) is 0 Å². The third kappa shape index (κ3) is 2.63. The molecular formula is C25H24O6. The molecule has 6 heteroatoms. The first-order chi connectivity index (χ1) is 14.6. The quantitative estimate of drug-likeness (QED) is 0.578. The Balaban J connectivity index is 1.91. The Labute approximate surface area is 179 Å². The number of phenolic OH excluding ortho intramolecular Hbond substituents is 1. The molecule has 1 aromatic heterocycles. The summed E-state index contributed by atoms with van der Waals surface area (Å²) in [5, 5.41) is 11.6. The lowest BCUT2D eigenvalue weighted by Crippen LogP contribution is -2.49. The Bertz CT molecular complexity index is 1330. The molecule has 3 heterocycles. The predicted molar refractivity (Wildman–Crippen MR) is 116 cm³/mol. The predicted octanol–water partition coefficient (Wildman–Crippen LogP) is 4.63. The largest absolute Gasteiger partial charge is 0.507 e. The third-order valence-corrected chi connectivity index (χ3v) is 6.79. The molecule has 31 heavy (non-hydrogen) atoms. The molecule has 5 rings (SSSR count). The van der Waals surface area contributed by atoms with E-state index < -0.39 is 5.60 Å². The number of rotatable bonds is 1. The molecule has 6 nitrogen and oxygen atoms in total. The lowest BCUT2D eigenvalue weighted by atomic mass is 9.69. The van der Waals surface area contributed by atoms with E-state index in [-0.39, 0.29) is 34.4 Å². The van der Waals surface area contributed by atoms with Gasteiger partial charge in [-0.15, -0.1) is 0 Å². The second kappa shape index (κ2) is 6.36. The Morgan fingerprint density at radius 1 is 1.10 bits per heavy atom. The van der Waals surface area contributed by atoms with Crippen LogP contribution in [0.5, 0.6) is 17.2 Å². The summed E-state index contributed by atoms with van der Waals surface area (Å²) in [6, 6.07) is 6.83. The number of aromatic hydroxyl groups is 1. The molecule has 0 spiro atoms. The molecule has 0 amide bonds. The van der Waals surface area contributed by atoms with Gasteiger partial charge in [0, 0.05) is 28.5 Å². The van der Waals surface area contributed by atoms with Crippen molar-refractivity contribution in [2.45, 2.75) is 46.1 Å². The highest BCUT2D eigenvalue weighted by molar-refractivity contribution is 5.98. The molecule has 0 bridgehead atoms. The monoisotopic (exact) mass is 420 g/mol. The molecule has 2 aliphatic rings. The van der Waals surface area contributed by atoms with E-state index in [9.17, 15) is 14.7 Å². The van der Waals surface area contributed by atoms with Gasteiger partial charge in [-0.2, -0.15) is 0 Å². The Morgan fingerprint density at radius 3 is 2.52 bits per heavy atom. The fourth-order valence-corrected chi connectivity index (χ4v) is 4.93. The van der Waals surface area contributed by atoms with Gasteiger partial charge in [-0.1, -0.05) is 0 Å². The minimum absolute atomic E-state index is 0.0862. The van der Waals surface area contributed by atoms with Gasteiger partial charge in [-0.3, -0.25) is 9.59 Å². The van der Waals surface area contributed by atoms with Crippen molar-refractivity contribution in [1.82, 2.24) is 0 Å². The Kier molecular flexibility index (Phi) is 4.04. The SMILES string of the molecule is CC(=O)c1ccc2c(c1O)[C@@H]1c3c(ccc4c(=O)c(C)c(C)oc34)OC[C@@H]1C(C)(C)O2. The molecule has 2 aromatic carbocycles. The number of Topliss-reactive ketones (excluding diaryl/α,β-unsaturated/α-hetero) is 1. The maximum atomic E-state index is 13.0. The summed E-state index contributed by atoms with van der Waals surface area (Å²) in [5.41, 5.74) is 1.81. The number of phenols is 1. The number of benzene rings is 2. The molecular weight excluding hydrogens is 396 g/mol. The summed E-state index contributed by atoms with van der Waals surface area (Å²) < 4.78 is 18.5. The normalized spacial score (nSPS) is 20.8. The molecule has 0 aliphatic carbocycles. The number of hydrogen-bond acceptors (Lipinski definition) is 6. The molecule has 160 valence electrons. The summed E-state index contributed by atoms with van der Waals surface area (Å²) in [6.45, 7) is 9.27. The van der Waals surface area contributed by atoms with E-state index in [2.05, 4.69) is 0 Å². The molecule has 0 unspecified atom stereocenters. The zero-order valence-electron chi connectivity index (χ0n) is 18.2. The summed E-state index contributed by atoms with van der Waals surface area (Å²) >= 11 is 0. The van der Waals surface area contributed by atoms with Crippen molar-refractivity contribution >= 4 is 16.8 Å². The van der Waals surface area contributed by atoms with Gasteiger partial charge >= 0.3 is 0 Å². The maximum absolute atomic E-state index is 13.0.